The van der Waals surface area contributed by atoms with Crippen LogP contribution in [0.1, 0.15) is 30.5 Å². The number of primary amides is 1. The molecule has 6 nitrogen and oxygen atoms in total. The van der Waals surface area contributed by atoms with Crippen LogP contribution in [0.5, 0.6) is 5.75 Å². The van der Waals surface area contributed by atoms with Crippen LogP contribution in [0, 0.1) is 6.92 Å². The fourth-order valence-corrected chi connectivity index (χ4v) is 3.63. The monoisotopic (exact) mass is 356 g/mol. The number of benzene rings is 1. The summed E-state index contributed by atoms with van der Waals surface area (Å²) in [6.45, 7) is 3.95. The Kier molecular flexibility index (Phi) is 4.85. The van der Waals surface area contributed by atoms with E-state index in [0.717, 1.165) is 33.4 Å². The fourth-order valence-electron chi connectivity index (χ4n) is 2.79. The predicted octanol–water partition coefficient (Wildman–Crippen LogP) is 3.29. The predicted molar refractivity (Wildman–Crippen MR) is 98.2 cm³/mol. The summed E-state index contributed by atoms with van der Waals surface area (Å²) < 4.78 is 7.08. The molecule has 0 aliphatic heterocycles. The Bertz CT molecular complexity index is 900. The van der Waals surface area contributed by atoms with Gasteiger partial charge in [0.05, 0.1) is 19.0 Å². The molecule has 1 aromatic carbocycles. The number of aromatic nitrogens is 3. The van der Waals surface area contributed by atoms with E-state index in [2.05, 4.69) is 5.10 Å². The molecule has 7 heteroatoms. The van der Waals surface area contributed by atoms with Gasteiger partial charge in [-0.05, 0) is 30.5 Å². The summed E-state index contributed by atoms with van der Waals surface area (Å²) in [5, 5.41) is 7.23. The molecule has 25 heavy (non-hydrogen) atoms. The maximum atomic E-state index is 11.2. The van der Waals surface area contributed by atoms with Crippen LogP contribution in [-0.2, 0) is 4.79 Å². The molecule has 0 aliphatic carbocycles. The minimum absolute atomic E-state index is 0.0315. The lowest BCUT2D eigenvalue weighted by molar-refractivity contribution is -0.118. The summed E-state index contributed by atoms with van der Waals surface area (Å²) in [6, 6.07) is 7.80. The highest BCUT2D eigenvalue weighted by Crippen LogP contribution is 2.29. The number of hydrogen-bond acceptors (Lipinski definition) is 5. The smallest absolute Gasteiger partial charge is 0.218 e. The van der Waals surface area contributed by atoms with Crippen LogP contribution < -0.4 is 10.5 Å². The molecule has 2 N–H and O–H groups in total. The van der Waals surface area contributed by atoms with Gasteiger partial charge in [-0.3, -0.25) is 4.79 Å². The molecule has 0 saturated heterocycles. The van der Waals surface area contributed by atoms with Gasteiger partial charge in [0.2, 0.25) is 11.0 Å². The van der Waals surface area contributed by atoms with Crippen molar-refractivity contribution >= 4 is 17.2 Å². The molecule has 2 heterocycles. The van der Waals surface area contributed by atoms with Crippen molar-refractivity contribution in [3.8, 4) is 22.1 Å². The van der Waals surface area contributed by atoms with Gasteiger partial charge in [-0.1, -0.05) is 19.1 Å². The molecular formula is C18H20N4O2S. The number of carbonyl (C=O) groups is 1. The zero-order valence-electron chi connectivity index (χ0n) is 14.4. The summed E-state index contributed by atoms with van der Waals surface area (Å²) in [4.78, 5) is 15.9. The van der Waals surface area contributed by atoms with Crippen molar-refractivity contribution in [2.45, 2.75) is 26.2 Å². The van der Waals surface area contributed by atoms with E-state index in [-0.39, 0.29) is 11.8 Å². The quantitative estimate of drug-likeness (QED) is 0.734. The zero-order valence-corrected chi connectivity index (χ0v) is 15.2. The average molecular weight is 356 g/mol. The maximum Gasteiger partial charge on any atom is 0.218 e. The number of thiazole rings is 1. The summed E-state index contributed by atoms with van der Waals surface area (Å²) in [5.74, 6) is 0.517. The van der Waals surface area contributed by atoms with Crippen molar-refractivity contribution in [3.63, 3.8) is 0 Å². The second-order valence-electron chi connectivity index (χ2n) is 5.92. The molecule has 0 fully saturated rings. The fraction of sp³-hybridized carbons (Fsp3) is 0.278. The van der Waals surface area contributed by atoms with Crippen LogP contribution in [0.2, 0.25) is 0 Å². The molecule has 2 aromatic heterocycles. The lowest BCUT2D eigenvalue weighted by Crippen LogP contribution is -2.14. The first-order valence-electron chi connectivity index (χ1n) is 7.92. The first-order chi connectivity index (χ1) is 12.0. The summed E-state index contributed by atoms with van der Waals surface area (Å²) >= 11 is 1.52. The van der Waals surface area contributed by atoms with Gasteiger partial charge < -0.3 is 10.5 Å². The van der Waals surface area contributed by atoms with Crippen LogP contribution in [0.25, 0.3) is 16.4 Å². The van der Waals surface area contributed by atoms with E-state index in [4.69, 9.17) is 15.5 Å². The van der Waals surface area contributed by atoms with Crippen LogP contribution in [0.15, 0.2) is 35.8 Å². The van der Waals surface area contributed by atoms with Crippen molar-refractivity contribution in [2.24, 2.45) is 5.73 Å². The van der Waals surface area contributed by atoms with E-state index in [1.165, 1.54) is 11.3 Å². The van der Waals surface area contributed by atoms with E-state index in [1.807, 2.05) is 43.5 Å². The molecule has 1 amide bonds. The molecular weight excluding hydrogens is 336 g/mol. The number of nitrogens with two attached hydrogens (primary N) is 1. The highest BCUT2D eigenvalue weighted by molar-refractivity contribution is 7.12. The Morgan fingerprint density at radius 1 is 1.44 bits per heavy atom. The summed E-state index contributed by atoms with van der Waals surface area (Å²) in [6.07, 6.45) is 2.09. The number of carbonyl (C=O) groups excluding carboxylic acids is 1. The first-order valence-corrected chi connectivity index (χ1v) is 8.80. The third-order valence-corrected chi connectivity index (χ3v) is 4.94. The second kappa shape index (κ2) is 7.06. The van der Waals surface area contributed by atoms with E-state index >= 15 is 0 Å². The van der Waals surface area contributed by atoms with Crippen LogP contribution >= 0.6 is 11.3 Å². The van der Waals surface area contributed by atoms with Gasteiger partial charge in [0, 0.05) is 23.1 Å². The van der Waals surface area contributed by atoms with Gasteiger partial charge in [0.25, 0.3) is 0 Å². The molecule has 0 saturated carbocycles. The standard InChI is InChI=1S/C18H20N4O2S/c1-11(7-17(19)23)15-9-20-22(12(15)2)18-21-16(10-25-18)13-5-4-6-14(8-13)24-3/h4-6,8-11H,7H2,1-3H3,(H2,19,23). The molecule has 0 spiro atoms. The minimum atomic E-state index is -0.311. The van der Waals surface area contributed by atoms with Crippen LogP contribution in [-0.4, -0.2) is 27.8 Å². The van der Waals surface area contributed by atoms with Crippen molar-refractivity contribution < 1.29 is 9.53 Å². The topological polar surface area (TPSA) is 83.0 Å². The molecule has 3 aromatic rings. The van der Waals surface area contributed by atoms with Gasteiger partial charge in [-0.15, -0.1) is 11.3 Å². The first kappa shape index (κ1) is 17.2. The minimum Gasteiger partial charge on any atom is -0.497 e. The molecule has 3 rings (SSSR count). The van der Waals surface area contributed by atoms with Crippen molar-refractivity contribution in [1.29, 1.82) is 0 Å². The van der Waals surface area contributed by atoms with Crippen LogP contribution in [0.3, 0.4) is 0 Å². The molecule has 0 aliphatic rings. The Labute approximate surface area is 150 Å². The normalized spacial score (nSPS) is 12.1. The van der Waals surface area contributed by atoms with Crippen molar-refractivity contribution in [1.82, 2.24) is 14.8 Å². The highest BCUT2D eigenvalue weighted by Gasteiger charge is 2.18. The largest absolute Gasteiger partial charge is 0.497 e. The Morgan fingerprint density at radius 3 is 2.96 bits per heavy atom. The summed E-state index contributed by atoms with van der Waals surface area (Å²) in [5.41, 5.74) is 9.16. The lowest BCUT2D eigenvalue weighted by Gasteiger charge is -2.08. The average Bonchev–Trinajstić information content (AvgIpc) is 3.21. The molecule has 1 unspecified atom stereocenters. The Morgan fingerprint density at radius 2 is 2.24 bits per heavy atom. The van der Waals surface area contributed by atoms with E-state index < -0.39 is 0 Å². The number of methoxy groups -OCH3 is 1. The van der Waals surface area contributed by atoms with E-state index in [1.54, 1.807) is 18.0 Å². The third kappa shape index (κ3) is 3.56. The number of hydrogen-bond donors (Lipinski definition) is 1. The molecule has 130 valence electrons. The Hall–Kier alpha value is -2.67. The number of rotatable bonds is 6. The number of amides is 1. The zero-order chi connectivity index (χ0) is 18.0. The van der Waals surface area contributed by atoms with Gasteiger partial charge in [-0.25, -0.2) is 9.67 Å². The lowest BCUT2D eigenvalue weighted by atomic mass is 9.98. The van der Waals surface area contributed by atoms with E-state index in [9.17, 15) is 4.79 Å². The third-order valence-electron chi connectivity index (χ3n) is 4.12. The SMILES string of the molecule is COc1cccc(-c2csc(-n3ncc(C(C)CC(N)=O)c3C)n2)c1. The van der Waals surface area contributed by atoms with Crippen LogP contribution in [0.4, 0.5) is 0 Å². The van der Waals surface area contributed by atoms with E-state index in [0.29, 0.717) is 6.42 Å². The van der Waals surface area contributed by atoms with Gasteiger partial charge in [-0.2, -0.15) is 5.10 Å². The maximum absolute atomic E-state index is 11.2. The molecule has 0 radical (unpaired) electrons. The van der Waals surface area contributed by atoms with Crippen molar-refractivity contribution in [3.05, 3.63) is 47.1 Å². The van der Waals surface area contributed by atoms with Gasteiger partial charge in [0.15, 0.2) is 0 Å². The molecule has 0 bridgehead atoms. The van der Waals surface area contributed by atoms with Gasteiger partial charge >= 0.3 is 0 Å². The Balaban J connectivity index is 1.90. The highest BCUT2D eigenvalue weighted by atomic mass is 32.1. The second-order valence-corrected chi connectivity index (χ2v) is 6.75. The molecule has 1 atom stereocenters. The van der Waals surface area contributed by atoms with Crippen molar-refractivity contribution in [2.75, 3.05) is 7.11 Å². The number of nitrogens with zero attached hydrogens (tertiary/aromatic N) is 3. The van der Waals surface area contributed by atoms with Gasteiger partial charge in [0.1, 0.15) is 5.75 Å². The summed E-state index contributed by atoms with van der Waals surface area (Å²) in [7, 11) is 1.65. The number of ether oxygens (including phenoxy) is 1.